The molecule has 0 saturated heterocycles. The molecule has 0 aliphatic carbocycles. The van der Waals surface area contributed by atoms with E-state index in [0.717, 1.165) is 10.9 Å². The molecule has 120 valence electrons. The maximum Gasteiger partial charge on any atom is 0.283 e. The standard InChI is InChI=1S/C17H19N3O3/c1-10(2)23-16-13-9-12(22-4)5-6-14(13)19-15(16)17(21)20-8-7-18-11(20)3/h5-10,19H,1-4H3. The minimum absolute atomic E-state index is 0.0596. The van der Waals surface area contributed by atoms with Gasteiger partial charge in [-0.1, -0.05) is 0 Å². The van der Waals surface area contributed by atoms with E-state index in [4.69, 9.17) is 9.47 Å². The average Bonchev–Trinajstić information content (AvgIpc) is 3.10. The van der Waals surface area contributed by atoms with Crippen molar-refractivity contribution in [3.05, 3.63) is 42.1 Å². The number of nitrogens with one attached hydrogen (secondary N) is 1. The molecule has 6 heteroatoms. The molecule has 0 bridgehead atoms. The van der Waals surface area contributed by atoms with Crippen LogP contribution in [0.25, 0.3) is 10.9 Å². The van der Waals surface area contributed by atoms with Crippen LogP contribution in [0.4, 0.5) is 0 Å². The van der Waals surface area contributed by atoms with E-state index in [9.17, 15) is 4.79 Å². The van der Waals surface area contributed by atoms with Crippen molar-refractivity contribution in [3.63, 3.8) is 0 Å². The summed E-state index contributed by atoms with van der Waals surface area (Å²) in [6, 6.07) is 5.58. The van der Waals surface area contributed by atoms with Crippen LogP contribution in [-0.4, -0.2) is 33.7 Å². The number of benzene rings is 1. The molecule has 0 saturated carbocycles. The SMILES string of the molecule is COc1ccc2[nH]c(C(=O)n3ccnc3C)c(OC(C)C)c2c1. The Hall–Kier alpha value is -2.76. The van der Waals surface area contributed by atoms with Crippen molar-refractivity contribution in [2.45, 2.75) is 26.9 Å². The van der Waals surface area contributed by atoms with Crippen LogP contribution in [0.2, 0.25) is 0 Å². The van der Waals surface area contributed by atoms with Gasteiger partial charge in [0.1, 0.15) is 17.3 Å². The monoisotopic (exact) mass is 313 g/mol. The minimum Gasteiger partial charge on any atom is -0.497 e. The third-order valence-corrected chi connectivity index (χ3v) is 3.57. The van der Waals surface area contributed by atoms with Gasteiger partial charge in [0.15, 0.2) is 5.75 Å². The van der Waals surface area contributed by atoms with Gasteiger partial charge in [0.05, 0.1) is 18.7 Å². The highest BCUT2D eigenvalue weighted by Gasteiger charge is 2.22. The summed E-state index contributed by atoms with van der Waals surface area (Å²) in [6.45, 7) is 5.64. The summed E-state index contributed by atoms with van der Waals surface area (Å²) in [5.41, 5.74) is 1.23. The summed E-state index contributed by atoms with van der Waals surface area (Å²) >= 11 is 0. The molecule has 0 unspecified atom stereocenters. The van der Waals surface area contributed by atoms with E-state index in [1.54, 1.807) is 26.4 Å². The zero-order valence-electron chi connectivity index (χ0n) is 13.6. The number of hydrogen-bond acceptors (Lipinski definition) is 4. The van der Waals surface area contributed by atoms with Crippen molar-refractivity contribution in [3.8, 4) is 11.5 Å². The molecule has 2 aromatic heterocycles. The molecular weight excluding hydrogens is 294 g/mol. The van der Waals surface area contributed by atoms with Crippen molar-refractivity contribution >= 4 is 16.8 Å². The number of carbonyl (C=O) groups is 1. The second-order valence-corrected chi connectivity index (χ2v) is 5.56. The average molecular weight is 313 g/mol. The molecule has 0 atom stereocenters. The highest BCUT2D eigenvalue weighted by atomic mass is 16.5. The third-order valence-electron chi connectivity index (χ3n) is 3.57. The van der Waals surface area contributed by atoms with Crippen molar-refractivity contribution in [2.75, 3.05) is 7.11 Å². The van der Waals surface area contributed by atoms with Gasteiger partial charge in [-0.25, -0.2) is 4.98 Å². The van der Waals surface area contributed by atoms with E-state index in [0.29, 0.717) is 23.0 Å². The van der Waals surface area contributed by atoms with Gasteiger partial charge in [-0.3, -0.25) is 9.36 Å². The van der Waals surface area contributed by atoms with E-state index < -0.39 is 0 Å². The third kappa shape index (κ3) is 2.67. The van der Waals surface area contributed by atoms with Gasteiger partial charge in [0.25, 0.3) is 5.91 Å². The molecular formula is C17H19N3O3. The lowest BCUT2D eigenvalue weighted by Gasteiger charge is -2.11. The van der Waals surface area contributed by atoms with E-state index in [1.165, 1.54) is 4.57 Å². The molecule has 0 amide bonds. The van der Waals surface area contributed by atoms with Crippen LogP contribution in [0.3, 0.4) is 0 Å². The summed E-state index contributed by atoms with van der Waals surface area (Å²) in [5, 5.41) is 0.819. The number of fused-ring (bicyclic) bond motifs is 1. The Balaban J connectivity index is 2.19. The number of rotatable bonds is 4. The first kappa shape index (κ1) is 15.1. The fraction of sp³-hybridized carbons (Fsp3) is 0.294. The van der Waals surface area contributed by atoms with Crippen LogP contribution in [0, 0.1) is 6.92 Å². The summed E-state index contributed by atoms with van der Waals surface area (Å²) in [7, 11) is 1.61. The molecule has 0 radical (unpaired) electrons. The Kier molecular flexibility index (Phi) is 3.82. The molecule has 3 aromatic rings. The second kappa shape index (κ2) is 5.79. The van der Waals surface area contributed by atoms with Crippen LogP contribution in [-0.2, 0) is 0 Å². The van der Waals surface area contributed by atoms with Crippen molar-refractivity contribution in [2.24, 2.45) is 0 Å². The lowest BCUT2D eigenvalue weighted by Crippen LogP contribution is -2.16. The first-order chi connectivity index (χ1) is 11.0. The van der Waals surface area contributed by atoms with Crippen LogP contribution in [0.15, 0.2) is 30.6 Å². The van der Waals surface area contributed by atoms with Crippen molar-refractivity contribution in [1.29, 1.82) is 0 Å². The van der Waals surface area contributed by atoms with Crippen LogP contribution in [0.5, 0.6) is 11.5 Å². The molecule has 1 N–H and O–H groups in total. The predicted molar refractivity (Wildman–Crippen MR) is 87.3 cm³/mol. The Morgan fingerprint density at radius 1 is 1.35 bits per heavy atom. The minimum atomic E-state index is -0.203. The van der Waals surface area contributed by atoms with E-state index in [2.05, 4.69) is 9.97 Å². The second-order valence-electron chi connectivity index (χ2n) is 5.56. The zero-order valence-corrected chi connectivity index (χ0v) is 13.6. The number of H-pyrrole nitrogens is 1. The quantitative estimate of drug-likeness (QED) is 0.803. The van der Waals surface area contributed by atoms with Crippen LogP contribution >= 0.6 is 0 Å². The largest absolute Gasteiger partial charge is 0.497 e. The normalized spacial score (nSPS) is 11.2. The van der Waals surface area contributed by atoms with Crippen LogP contribution < -0.4 is 9.47 Å². The van der Waals surface area contributed by atoms with Gasteiger partial charge in [-0.15, -0.1) is 0 Å². The van der Waals surface area contributed by atoms with E-state index in [1.807, 2.05) is 32.0 Å². The summed E-state index contributed by atoms with van der Waals surface area (Å²) in [5.74, 6) is 1.67. The maximum absolute atomic E-state index is 12.8. The Labute approximate surface area is 134 Å². The van der Waals surface area contributed by atoms with Gasteiger partial charge < -0.3 is 14.5 Å². The van der Waals surface area contributed by atoms with Gasteiger partial charge in [0, 0.05) is 17.8 Å². The highest BCUT2D eigenvalue weighted by Crippen LogP contribution is 2.34. The molecule has 0 fully saturated rings. The number of imidazole rings is 1. The Morgan fingerprint density at radius 3 is 2.74 bits per heavy atom. The molecule has 0 aliphatic heterocycles. The summed E-state index contributed by atoms with van der Waals surface area (Å²) < 4.78 is 12.7. The molecule has 3 rings (SSSR count). The Bertz CT molecular complexity index is 861. The molecule has 0 spiro atoms. The molecule has 1 aromatic carbocycles. The number of ether oxygens (including phenoxy) is 2. The number of methoxy groups -OCH3 is 1. The number of aryl methyl sites for hydroxylation is 1. The maximum atomic E-state index is 12.8. The fourth-order valence-corrected chi connectivity index (χ4v) is 2.50. The van der Waals surface area contributed by atoms with Gasteiger partial charge in [0.2, 0.25) is 0 Å². The van der Waals surface area contributed by atoms with Crippen LogP contribution in [0.1, 0.15) is 30.2 Å². The highest BCUT2D eigenvalue weighted by molar-refractivity contribution is 6.04. The van der Waals surface area contributed by atoms with Crippen molar-refractivity contribution < 1.29 is 14.3 Å². The van der Waals surface area contributed by atoms with E-state index >= 15 is 0 Å². The molecule has 6 nitrogen and oxygen atoms in total. The predicted octanol–water partition coefficient (Wildman–Crippen LogP) is 3.16. The summed E-state index contributed by atoms with van der Waals surface area (Å²) in [6.07, 6.45) is 3.18. The topological polar surface area (TPSA) is 69.1 Å². The molecule has 2 heterocycles. The zero-order chi connectivity index (χ0) is 16.6. The van der Waals surface area contributed by atoms with Crippen molar-refractivity contribution in [1.82, 2.24) is 14.5 Å². The van der Waals surface area contributed by atoms with Gasteiger partial charge in [-0.05, 0) is 39.0 Å². The lowest BCUT2D eigenvalue weighted by atomic mass is 10.2. The smallest absolute Gasteiger partial charge is 0.283 e. The lowest BCUT2D eigenvalue weighted by molar-refractivity contribution is 0.0947. The summed E-state index contributed by atoms with van der Waals surface area (Å²) in [4.78, 5) is 20.1. The number of aromatic nitrogens is 3. The molecule has 0 aliphatic rings. The van der Waals surface area contributed by atoms with Gasteiger partial charge >= 0.3 is 0 Å². The van der Waals surface area contributed by atoms with Gasteiger partial charge in [-0.2, -0.15) is 0 Å². The first-order valence-electron chi connectivity index (χ1n) is 7.42. The number of aromatic amines is 1. The first-order valence-corrected chi connectivity index (χ1v) is 7.42. The fourth-order valence-electron chi connectivity index (χ4n) is 2.50. The molecule has 23 heavy (non-hydrogen) atoms. The number of carbonyl (C=O) groups excluding carboxylic acids is 1. The number of hydrogen-bond donors (Lipinski definition) is 1. The number of nitrogens with zero attached hydrogens (tertiary/aromatic N) is 2. The van der Waals surface area contributed by atoms with E-state index in [-0.39, 0.29) is 12.0 Å². The Morgan fingerprint density at radius 2 is 2.13 bits per heavy atom.